The quantitative estimate of drug-likeness (QED) is 0.0202. The second-order valence-electron chi connectivity index (χ2n) is 14.5. The number of hydrogen-bond donors (Lipinski definition) is 6. The van der Waals surface area contributed by atoms with E-state index in [9.17, 15) is 47.7 Å². The van der Waals surface area contributed by atoms with E-state index in [0.717, 1.165) is 19.3 Å². The van der Waals surface area contributed by atoms with Crippen molar-refractivity contribution >= 4 is 60.9 Å². The average Bonchev–Trinajstić information content (AvgIpc) is 3.25. The van der Waals surface area contributed by atoms with Crippen molar-refractivity contribution in [2.24, 2.45) is 0 Å². The van der Waals surface area contributed by atoms with Crippen molar-refractivity contribution < 1.29 is 85.2 Å². The number of rotatable bonds is 41. The molecule has 25 heteroatoms. The molecule has 0 aromatic rings. The largest absolute Gasteiger partial charge is 0.463 e. The van der Waals surface area contributed by atoms with Gasteiger partial charge in [-0.05, 0) is 32.1 Å². The third-order valence-electron chi connectivity index (χ3n) is 8.74. The molecule has 0 rings (SSSR count). The Morgan fingerprint density at radius 2 is 0.833 bits per heavy atom. The molecular formula is C41H73N6O18P. The highest BCUT2D eigenvalue weighted by molar-refractivity contribution is 7.52. The number of ether oxygens (including phenoxy) is 6. The summed E-state index contributed by atoms with van der Waals surface area (Å²) in [6.45, 7) is 6.80. The van der Waals surface area contributed by atoms with Gasteiger partial charge in [-0.2, -0.15) is 0 Å². The molecule has 0 saturated heterocycles. The van der Waals surface area contributed by atoms with Crippen LogP contribution >= 0.6 is 7.60 Å². The van der Waals surface area contributed by atoms with E-state index in [4.69, 9.17) is 37.5 Å². The van der Waals surface area contributed by atoms with E-state index in [2.05, 4.69) is 31.9 Å². The van der Waals surface area contributed by atoms with Crippen molar-refractivity contribution in [2.45, 2.75) is 103 Å². The zero-order valence-electron chi connectivity index (χ0n) is 39.1. The molecule has 0 aliphatic rings. The van der Waals surface area contributed by atoms with Gasteiger partial charge in [0.1, 0.15) is 31.9 Å². The number of unbranched alkanes of at least 4 members (excludes halogenated alkanes) is 3. The lowest BCUT2D eigenvalue weighted by atomic mass is 10.1. The molecule has 6 amide bonds. The SMILES string of the molecule is COP(C)(=O)OCCCCCCNC(=O)CCCC(=O)NC(CCC(=O)NC(CCC(=O)NCCOCCOC(C)=O)C(=O)NCCOCCOC(C)=O)C(=O)NCCOCCOC(C)=O. The van der Waals surface area contributed by atoms with Crippen LogP contribution in [0.1, 0.15) is 91.4 Å². The Hall–Kier alpha value is -4.74. The number of carbonyl (C=O) groups excluding carboxylic acids is 9. The first-order valence-corrected chi connectivity index (χ1v) is 24.0. The molecule has 3 unspecified atom stereocenters. The number of nitrogens with one attached hydrogen (secondary N) is 6. The molecule has 6 N–H and O–H groups in total. The molecule has 380 valence electrons. The summed E-state index contributed by atoms with van der Waals surface area (Å²) in [5.74, 6) is -4.50. The minimum absolute atomic E-state index is 0.0236. The molecule has 0 radical (unpaired) electrons. The maximum atomic E-state index is 13.3. The van der Waals surface area contributed by atoms with Crippen LogP contribution in [0.3, 0.4) is 0 Å². The van der Waals surface area contributed by atoms with Gasteiger partial charge in [0.15, 0.2) is 0 Å². The first-order valence-electron chi connectivity index (χ1n) is 22.0. The second kappa shape index (κ2) is 39.4. The molecule has 0 fully saturated rings. The Morgan fingerprint density at radius 1 is 0.439 bits per heavy atom. The number of hydrogen-bond acceptors (Lipinski definition) is 18. The standard InChI is InChI=1S/C41H73N6O18P/c1-31(48)62-28-25-59-22-18-43-37(52)15-13-34(40(55)44-19-23-60-26-29-63-32(2)49)47-39(54)16-14-35(41(56)45-20-24-61-27-30-64-33(3)50)46-38(53)12-10-11-36(51)42-17-8-6-7-9-21-65-66(5,57)58-4/h34-35H,6-30H2,1-5H3,(H,42,51)(H,43,52)(H,44,55)(H,45,56)(H,46,53)(H,47,54). The summed E-state index contributed by atoms with van der Waals surface area (Å²) in [4.78, 5) is 110. The Bertz CT molecular complexity index is 1520. The van der Waals surface area contributed by atoms with E-state index in [1.54, 1.807) is 0 Å². The summed E-state index contributed by atoms with van der Waals surface area (Å²) in [5.41, 5.74) is 0. The smallest absolute Gasteiger partial charge is 0.327 e. The van der Waals surface area contributed by atoms with Crippen LogP contribution in [0.2, 0.25) is 0 Å². The predicted molar refractivity (Wildman–Crippen MR) is 236 cm³/mol. The fourth-order valence-electron chi connectivity index (χ4n) is 5.34. The van der Waals surface area contributed by atoms with Gasteiger partial charge in [0, 0.05) is 86.4 Å². The van der Waals surface area contributed by atoms with Crippen molar-refractivity contribution in [3.8, 4) is 0 Å². The number of amides is 6. The van der Waals surface area contributed by atoms with Crippen molar-refractivity contribution in [3.05, 3.63) is 0 Å². The second-order valence-corrected chi connectivity index (χ2v) is 16.7. The van der Waals surface area contributed by atoms with Crippen molar-refractivity contribution in [3.63, 3.8) is 0 Å². The first kappa shape index (κ1) is 61.3. The molecule has 0 aliphatic heterocycles. The monoisotopic (exact) mass is 968 g/mol. The molecule has 3 atom stereocenters. The van der Waals surface area contributed by atoms with Gasteiger partial charge >= 0.3 is 25.5 Å². The fraction of sp³-hybridized carbons (Fsp3) is 0.780. The van der Waals surface area contributed by atoms with Crippen LogP contribution in [-0.4, -0.2) is 171 Å². The summed E-state index contributed by atoms with van der Waals surface area (Å²) in [6, 6.07) is -2.37. The van der Waals surface area contributed by atoms with E-state index in [-0.39, 0.29) is 130 Å². The maximum Gasteiger partial charge on any atom is 0.327 e. The van der Waals surface area contributed by atoms with Crippen LogP contribution in [0.4, 0.5) is 0 Å². The molecule has 0 saturated carbocycles. The summed E-state index contributed by atoms with van der Waals surface area (Å²) in [6.07, 6.45) is 2.41. The number of carbonyl (C=O) groups is 9. The third-order valence-corrected chi connectivity index (χ3v) is 10.1. The summed E-state index contributed by atoms with van der Waals surface area (Å²) in [7, 11) is -1.68. The van der Waals surface area contributed by atoms with Crippen LogP contribution in [0.15, 0.2) is 0 Å². The lowest BCUT2D eigenvalue weighted by Gasteiger charge is -2.21. The van der Waals surface area contributed by atoms with Crippen molar-refractivity contribution in [2.75, 3.05) is 106 Å². The van der Waals surface area contributed by atoms with Gasteiger partial charge in [0.05, 0.1) is 46.2 Å². The van der Waals surface area contributed by atoms with Crippen LogP contribution in [0.25, 0.3) is 0 Å². The topological polar surface area (TPSA) is 317 Å². The van der Waals surface area contributed by atoms with Gasteiger partial charge in [-0.15, -0.1) is 0 Å². The Kier molecular flexibility index (Phi) is 36.6. The lowest BCUT2D eigenvalue weighted by Crippen LogP contribution is -2.50. The van der Waals surface area contributed by atoms with E-state index < -0.39 is 67.1 Å². The molecule has 66 heavy (non-hydrogen) atoms. The average molecular weight is 969 g/mol. The van der Waals surface area contributed by atoms with Crippen LogP contribution < -0.4 is 31.9 Å². The van der Waals surface area contributed by atoms with Gasteiger partial charge in [0.2, 0.25) is 35.4 Å². The highest BCUT2D eigenvalue weighted by Crippen LogP contribution is 2.42. The normalized spacial score (nSPS) is 12.6. The summed E-state index contributed by atoms with van der Waals surface area (Å²) < 4.78 is 52.1. The minimum Gasteiger partial charge on any atom is -0.463 e. The predicted octanol–water partition coefficient (Wildman–Crippen LogP) is -0.0631. The zero-order valence-corrected chi connectivity index (χ0v) is 40.0. The molecule has 0 bridgehead atoms. The summed E-state index contributed by atoms with van der Waals surface area (Å²) >= 11 is 0. The van der Waals surface area contributed by atoms with E-state index >= 15 is 0 Å². The highest BCUT2D eigenvalue weighted by atomic mass is 31.2. The van der Waals surface area contributed by atoms with Crippen LogP contribution in [0, 0.1) is 0 Å². The molecular weight excluding hydrogens is 895 g/mol. The summed E-state index contributed by atoms with van der Waals surface area (Å²) in [5, 5.41) is 15.9. The highest BCUT2D eigenvalue weighted by Gasteiger charge is 2.25. The Morgan fingerprint density at radius 3 is 1.30 bits per heavy atom. The zero-order chi connectivity index (χ0) is 49.4. The Labute approximate surface area is 386 Å². The molecule has 0 heterocycles. The minimum atomic E-state index is -3.01. The lowest BCUT2D eigenvalue weighted by molar-refractivity contribution is -0.143. The molecule has 0 aromatic carbocycles. The van der Waals surface area contributed by atoms with E-state index in [0.29, 0.717) is 19.6 Å². The first-order chi connectivity index (χ1) is 31.4. The maximum absolute atomic E-state index is 13.3. The van der Waals surface area contributed by atoms with Crippen LogP contribution in [-0.2, 0) is 85.2 Å². The van der Waals surface area contributed by atoms with Gasteiger partial charge in [-0.1, -0.05) is 12.8 Å². The molecule has 0 aliphatic carbocycles. The fourth-order valence-corrected chi connectivity index (χ4v) is 5.91. The molecule has 0 spiro atoms. The van der Waals surface area contributed by atoms with Crippen LogP contribution in [0.5, 0.6) is 0 Å². The third kappa shape index (κ3) is 38.5. The molecule has 24 nitrogen and oxygen atoms in total. The van der Waals surface area contributed by atoms with Gasteiger partial charge in [0.25, 0.3) is 0 Å². The van der Waals surface area contributed by atoms with Gasteiger partial charge in [-0.25, -0.2) is 0 Å². The number of esters is 3. The van der Waals surface area contributed by atoms with Gasteiger partial charge in [-0.3, -0.25) is 47.7 Å². The van der Waals surface area contributed by atoms with Crippen molar-refractivity contribution in [1.82, 2.24) is 31.9 Å². The molecule has 0 aromatic heterocycles. The van der Waals surface area contributed by atoms with Crippen molar-refractivity contribution in [1.29, 1.82) is 0 Å². The van der Waals surface area contributed by atoms with Gasteiger partial charge < -0.3 is 69.4 Å². The van der Waals surface area contributed by atoms with E-state index in [1.165, 1.54) is 34.5 Å². The van der Waals surface area contributed by atoms with E-state index in [1.807, 2.05) is 0 Å². The Balaban J connectivity index is 5.32.